The third-order valence-electron chi connectivity index (χ3n) is 3.86. The second-order valence-electron chi connectivity index (χ2n) is 4.87. The molecule has 0 bridgehead atoms. The van der Waals surface area contributed by atoms with Crippen LogP contribution in [0.1, 0.15) is 35.9 Å². The Kier molecular flexibility index (Phi) is 3.67. The Bertz CT molecular complexity index is 349. The van der Waals surface area contributed by atoms with Crippen molar-refractivity contribution in [3.05, 3.63) is 21.9 Å². The van der Waals surface area contributed by atoms with Gasteiger partial charge in [0.15, 0.2) is 0 Å². The zero-order valence-electron chi connectivity index (χ0n) is 9.91. The van der Waals surface area contributed by atoms with Crippen LogP contribution in [0.25, 0.3) is 0 Å². The van der Waals surface area contributed by atoms with Gasteiger partial charge in [-0.1, -0.05) is 13.3 Å². The molecule has 1 heterocycles. The summed E-state index contributed by atoms with van der Waals surface area (Å²) in [5.74, 6) is 0. The number of thiophene rings is 1. The molecule has 1 saturated carbocycles. The minimum absolute atomic E-state index is 0.0458. The summed E-state index contributed by atoms with van der Waals surface area (Å²) < 4.78 is 0. The molecular formula is C13H21NOS. The van der Waals surface area contributed by atoms with E-state index in [1.54, 1.807) is 0 Å². The van der Waals surface area contributed by atoms with Gasteiger partial charge in [0, 0.05) is 21.7 Å². The standard InChI is InChI=1S/C13H21NOS/c1-2-10-5-6-11(16-10)8-13(9-14)7-3-4-12(13)15/h5-6,12,15H,2-4,7-9,14H2,1H3. The van der Waals surface area contributed by atoms with Crippen molar-refractivity contribution in [2.24, 2.45) is 11.1 Å². The van der Waals surface area contributed by atoms with Gasteiger partial charge in [-0.15, -0.1) is 11.3 Å². The summed E-state index contributed by atoms with van der Waals surface area (Å²) >= 11 is 1.87. The number of hydrogen-bond donors (Lipinski definition) is 2. The van der Waals surface area contributed by atoms with Gasteiger partial charge in [-0.25, -0.2) is 0 Å². The van der Waals surface area contributed by atoms with E-state index in [-0.39, 0.29) is 11.5 Å². The summed E-state index contributed by atoms with van der Waals surface area (Å²) in [5.41, 5.74) is 5.85. The summed E-state index contributed by atoms with van der Waals surface area (Å²) in [4.78, 5) is 2.80. The molecule has 90 valence electrons. The van der Waals surface area contributed by atoms with Crippen LogP contribution in [0.2, 0.25) is 0 Å². The average molecular weight is 239 g/mol. The predicted molar refractivity (Wildman–Crippen MR) is 68.7 cm³/mol. The molecule has 16 heavy (non-hydrogen) atoms. The van der Waals surface area contributed by atoms with Gasteiger partial charge in [-0.2, -0.15) is 0 Å². The summed E-state index contributed by atoms with van der Waals surface area (Å²) in [6.45, 7) is 2.78. The molecule has 0 saturated heterocycles. The second-order valence-corrected chi connectivity index (χ2v) is 6.13. The second kappa shape index (κ2) is 4.86. The third-order valence-corrected chi connectivity index (χ3v) is 5.09. The van der Waals surface area contributed by atoms with Gasteiger partial charge in [0.1, 0.15) is 0 Å². The Morgan fingerprint density at radius 3 is 2.75 bits per heavy atom. The minimum atomic E-state index is -0.204. The number of hydrogen-bond acceptors (Lipinski definition) is 3. The molecule has 3 heteroatoms. The van der Waals surface area contributed by atoms with Gasteiger partial charge in [0.2, 0.25) is 0 Å². The largest absolute Gasteiger partial charge is 0.392 e. The fraction of sp³-hybridized carbons (Fsp3) is 0.692. The van der Waals surface area contributed by atoms with Gasteiger partial charge in [-0.3, -0.25) is 0 Å². The zero-order chi connectivity index (χ0) is 11.6. The Labute approximate surface area is 101 Å². The van der Waals surface area contributed by atoms with E-state index in [4.69, 9.17) is 5.73 Å². The van der Waals surface area contributed by atoms with Crippen molar-refractivity contribution in [3.63, 3.8) is 0 Å². The van der Waals surface area contributed by atoms with Crippen LogP contribution in [0.4, 0.5) is 0 Å². The van der Waals surface area contributed by atoms with Crippen molar-refractivity contribution in [1.82, 2.24) is 0 Å². The first-order valence-corrected chi connectivity index (χ1v) is 6.97. The lowest BCUT2D eigenvalue weighted by molar-refractivity contribution is 0.0594. The quantitative estimate of drug-likeness (QED) is 0.847. The van der Waals surface area contributed by atoms with E-state index in [1.165, 1.54) is 9.75 Å². The van der Waals surface area contributed by atoms with Gasteiger partial charge in [0.25, 0.3) is 0 Å². The van der Waals surface area contributed by atoms with Crippen molar-refractivity contribution in [2.75, 3.05) is 6.54 Å². The van der Waals surface area contributed by atoms with Gasteiger partial charge >= 0.3 is 0 Å². The number of rotatable bonds is 4. The van der Waals surface area contributed by atoms with E-state index in [0.717, 1.165) is 32.1 Å². The number of aryl methyl sites for hydroxylation is 1. The molecule has 2 rings (SSSR count). The first-order valence-electron chi connectivity index (χ1n) is 6.16. The first-order chi connectivity index (χ1) is 7.70. The van der Waals surface area contributed by atoms with Gasteiger partial charge < -0.3 is 10.8 Å². The van der Waals surface area contributed by atoms with Crippen molar-refractivity contribution in [1.29, 1.82) is 0 Å². The predicted octanol–water partition coefficient (Wildman–Crippen LogP) is 2.34. The monoisotopic (exact) mass is 239 g/mol. The highest BCUT2D eigenvalue weighted by Gasteiger charge is 2.41. The molecule has 1 aliphatic rings. The maximum Gasteiger partial charge on any atom is 0.0612 e. The Morgan fingerprint density at radius 1 is 1.50 bits per heavy atom. The summed E-state index contributed by atoms with van der Waals surface area (Å²) in [7, 11) is 0. The average Bonchev–Trinajstić information content (AvgIpc) is 2.88. The topological polar surface area (TPSA) is 46.2 Å². The van der Waals surface area contributed by atoms with E-state index in [2.05, 4.69) is 19.1 Å². The summed E-state index contributed by atoms with van der Waals surface area (Å²) in [6.07, 6.45) is 4.96. The van der Waals surface area contributed by atoms with Crippen LogP contribution >= 0.6 is 11.3 Å². The molecular weight excluding hydrogens is 218 g/mol. The van der Waals surface area contributed by atoms with Crippen LogP contribution in [0.3, 0.4) is 0 Å². The molecule has 2 unspecified atom stereocenters. The molecule has 1 aromatic rings. The molecule has 0 aliphatic heterocycles. The molecule has 0 aromatic carbocycles. The molecule has 3 N–H and O–H groups in total. The van der Waals surface area contributed by atoms with E-state index in [1.807, 2.05) is 11.3 Å². The maximum atomic E-state index is 10.1. The first kappa shape index (κ1) is 12.1. The number of aliphatic hydroxyl groups excluding tert-OH is 1. The van der Waals surface area contributed by atoms with Crippen molar-refractivity contribution < 1.29 is 5.11 Å². The van der Waals surface area contributed by atoms with E-state index >= 15 is 0 Å². The Hall–Kier alpha value is -0.380. The number of nitrogens with two attached hydrogens (primary N) is 1. The smallest absolute Gasteiger partial charge is 0.0612 e. The highest BCUT2D eigenvalue weighted by Crippen LogP contribution is 2.41. The molecule has 2 atom stereocenters. The molecule has 0 amide bonds. The molecule has 2 nitrogen and oxygen atoms in total. The van der Waals surface area contributed by atoms with Crippen LogP contribution in [-0.2, 0) is 12.8 Å². The Morgan fingerprint density at radius 2 is 2.25 bits per heavy atom. The van der Waals surface area contributed by atoms with Crippen LogP contribution in [0.15, 0.2) is 12.1 Å². The zero-order valence-corrected chi connectivity index (χ0v) is 10.7. The highest BCUT2D eigenvalue weighted by atomic mass is 32.1. The van der Waals surface area contributed by atoms with Crippen molar-refractivity contribution in [2.45, 2.75) is 45.1 Å². The highest BCUT2D eigenvalue weighted by molar-refractivity contribution is 7.11. The molecule has 0 spiro atoms. The lowest BCUT2D eigenvalue weighted by atomic mass is 9.80. The van der Waals surface area contributed by atoms with Crippen LogP contribution in [0, 0.1) is 5.41 Å². The summed E-state index contributed by atoms with van der Waals surface area (Å²) in [5, 5.41) is 10.1. The molecule has 0 radical (unpaired) electrons. The lowest BCUT2D eigenvalue weighted by Gasteiger charge is -2.30. The van der Waals surface area contributed by atoms with Gasteiger partial charge in [-0.05, 0) is 37.8 Å². The van der Waals surface area contributed by atoms with Crippen LogP contribution in [-0.4, -0.2) is 17.8 Å². The van der Waals surface area contributed by atoms with Crippen LogP contribution < -0.4 is 5.73 Å². The molecule has 1 aliphatic carbocycles. The third kappa shape index (κ3) is 2.17. The fourth-order valence-corrected chi connectivity index (χ4v) is 3.80. The lowest BCUT2D eigenvalue weighted by Crippen LogP contribution is -2.39. The Balaban J connectivity index is 2.12. The van der Waals surface area contributed by atoms with Crippen LogP contribution in [0.5, 0.6) is 0 Å². The molecule has 1 fully saturated rings. The fourth-order valence-electron chi connectivity index (χ4n) is 2.69. The van der Waals surface area contributed by atoms with E-state index < -0.39 is 0 Å². The SMILES string of the molecule is CCc1ccc(CC2(CN)CCCC2O)s1. The van der Waals surface area contributed by atoms with Crippen molar-refractivity contribution in [3.8, 4) is 0 Å². The molecule has 1 aromatic heterocycles. The number of aliphatic hydroxyl groups is 1. The normalized spacial score (nSPS) is 29.8. The minimum Gasteiger partial charge on any atom is -0.392 e. The van der Waals surface area contributed by atoms with E-state index in [0.29, 0.717) is 6.54 Å². The van der Waals surface area contributed by atoms with Gasteiger partial charge in [0.05, 0.1) is 6.10 Å². The summed E-state index contributed by atoms with van der Waals surface area (Å²) in [6, 6.07) is 4.40. The van der Waals surface area contributed by atoms with Crippen molar-refractivity contribution >= 4 is 11.3 Å². The maximum absolute atomic E-state index is 10.1. The van der Waals surface area contributed by atoms with E-state index in [9.17, 15) is 5.11 Å².